The molecule has 0 heterocycles. The van der Waals surface area contributed by atoms with E-state index < -0.39 is 18.4 Å². The van der Waals surface area contributed by atoms with E-state index in [0.717, 1.165) is 5.56 Å². The first-order valence-electron chi connectivity index (χ1n) is 6.03. The van der Waals surface area contributed by atoms with Crippen LogP contribution in [0.1, 0.15) is 19.4 Å². The molecular formula is C13H19F2N3O. The number of amides is 1. The number of nitrogens with zero attached hydrogens (tertiary/aromatic N) is 1. The Hall–Kier alpha value is -1.53. The molecule has 0 saturated carbocycles. The number of hydrazine groups is 1. The van der Waals surface area contributed by atoms with E-state index in [1.54, 1.807) is 13.8 Å². The largest absolute Gasteiger partial charge is 0.338 e. The van der Waals surface area contributed by atoms with E-state index >= 15 is 0 Å². The first kappa shape index (κ1) is 15.5. The summed E-state index contributed by atoms with van der Waals surface area (Å²) in [6.45, 7) is 3.30. The summed E-state index contributed by atoms with van der Waals surface area (Å²) < 4.78 is 27.2. The van der Waals surface area contributed by atoms with Gasteiger partial charge in [0.05, 0.1) is 6.54 Å². The highest BCUT2D eigenvalue weighted by atomic mass is 19.3. The molecule has 1 rings (SSSR count). The fourth-order valence-corrected chi connectivity index (χ4v) is 1.67. The smallest absolute Gasteiger partial charge is 0.290 e. The standard InChI is InChI=1S/C13H19F2N3O/c1-10(2)18(8-11-6-4-3-5-7-11)9-13(14,15)12(19)17-16/h3-7,10H,8-9,16H2,1-2H3,(H,17,19). The average molecular weight is 271 g/mol. The van der Waals surface area contributed by atoms with Crippen molar-refractivity contribution in [3.8, 4) is 0 Å². The van der Waals surface area contributed by atoms with Gasteiger partial charge in [-0.1, -0.05) is 30.3 Å². The predicted octanol–water partition coefficient (Wildman–Crippen LogP) is 1.52. The van der Waals surface area contributed by atoms with Crippen LogP contribution in [0.25, 0.3) is 0 Å². The van der Waals surface area contributed by atoms with Crippen LogP contribution in [-0.4, -0.2) is 29.3 Å². The quantitative estimate of drug-likeness (QED) is 0.468. The molecule has 0 bridgehead atoms. The topological polar surface area (TPSA) is 58.4 Å². The zero-order valence-electron chi connectivity index (χ0n) is 11.1. The van der Waals surface area contributed by atoms with Crippen LogP contribution in [0.15, 0.2) is 30.3 Å². The molecule has 106 valence electrons. The van der Waals surface area contributed by atoms with Crippen molar-refractivity contribution >= 4 is 5.91 Å². The van der Waals surface area contributed by atoms with E-state index in [9.17, 15) is 13.6 Å². The fourth-order valence-electron chi connectivity index (χ4n) is 1.67. The first-order chi connectivity index (χ1) is 8.86. The third-order valence-electron chi connectivity index (χ3n) is 2.82. The monoisotopic (exact) mass is 271 g/mol. The van der Waals surface area contributed by atoms with E-state index in [2.05, 4.69) is 0 Å². The maximum Gasteiger partial charge on any atom is 0.338 e. The number of carbonyl (C=O) groups is 1. The van der Waals surface area contributed by atoms with Crippen molar-refractivity contribution in [2.24, 2.45) is 5.84 Å². The molecule has 0 fully saturated rings. The van der Waals surface area contributed by atoms with Crippen LogP contribution in [0, 0.1) is 0 Å². The van der Waals surface area contributed by atoms with Crippen LogP contribution >= 0.6 is 0 Å². The van der Waals surface area contributed by atoms with Crippen molar-refractivity contribution in [2.75, 3.05) is 6.54 Å². The molecule has 0 spiro atoms. The van der Waals surface area contributed by atoms with Gasteiger partial charge in [-0.15, -0.1) is 0 Å². The maximum atomic E-state index is 13.6. The van der Waals surface area contributed by atoms with Crippen molar-refractivity contribution in [1.82, 2.24) is 10.3 Å². The van der Waals surface area contributed by atoms with Gasteiger partial charge in [-0.05, 0) is 19.4 Å². The number of nitrogens with one attached hydrogen (secondary N) is 1. The van der Waals surface area contributed by atoms with Crippen LogP contribution < -0.4 is 11.3 Å². The SMILES string of the molecule is CC(C)N(Cc1ccccc1)CC(F)(F)C(=O)NN. The van der Waals surface area contributed by atoms with Crippen molar-refractivity contribution in [1.29, 1.82) is 0 Å². The van der Waals surface area contributed by atoms with Crippen LogP contribution in [-0.2, 0) is 11.3 Å². The molecule has 0 aliphatic rings. The zero-order chi connectivity index (χ0) is 14.5. The zero-order valence-corrected chi connectivity index (χ0v) is 11.1. The van der Waals surface area contributed by atoms with Gasteiger partial charge in [0.1, 0.15) is 0 Å². The molecule has 0 saturated heterocycles. The Morgan fingerprint density at radius 2 is 1.95 bits per heavy atom. The van der Waals surface area contributed by atoms with E-state index in [4.69, 9.17) is 5.84 Å². The third-order valence-corrected chi connectivity index (χ3v) is 2.82. The van der Waals surface area contributed by atoms with E-state index in [1.165, 1.54) is 10.3 Å². The molecule has 1 aromatic rings. The number of halogens is 2. The number of hydrogen-bond acceptors (Lipinski definition) is 3. The normalized spacial score (nSPS) is 11.9. The molecule has 1 aromatic carbocycles. The molecule has 0 unspecified atom stereocenters. The second-order valence-electron chi connectivity index (χ2n) is 4.66. The molecule has 0 aliphatic heterocycles. The first-order valence-corrected chi connectivity index (χ1v) is 6.03. The highest BCUT2D eigenvalue weighted by molar-refractivity contribution is 5.83. The van der Waals surface area contributed by atoms with E-state index in [1.807, 2.05) is 30.3 Å². The number of benzene rings is 1. The molecule has 3 N–H and O–H groups in total. The van der Waals surface area contributed by atoms with Gasteiger partial charge in [-0.3, -0.25) is 15.1 Å². The van der Waals surface area contributed by atoms with Gasteiger partial charge in [0.25, 0.3) is 0 Å². The van der Waals surface area contributed by atoms with Gasteiger partial charge in [0.15, 0.2) is 0 Å². The Bertz CT molecular complexity index is 410. The summed E-state index contributed by atoms with van der Waals surface area (Å²) in [6.07, 6.45) is 0. The summed E-state index contributed by atoms with van der Waals surface area (Å²) in [4.78, 5) is 12.6. The van der Waals surface area contributed by atoms with Crippen LogP contribution in [0.2, 0.25) is 0 Å². The number of nitrogens with two attached hydrogens (primary N) is 1. The Morgan fingerprint density at radius 3 is 2.42 bits per heavy atom. The summed E-state index contributed by atoms with van der Waals surface area (Å²) in [5.41, 5.74) is 2.41. The highest BCUT2D eigenvalue weighted by Crippen LogP contribution is 2.19. The van der Waals surface area contributed by atoms with E-state index in [-0.39, 0.29) is 6.04 Å². The molecule has 4 nitrogen and oxygen atoms in total. The van der Waals surface area contributed by atoms with Crippen molar-refractivity contribution < 1.29 is 13.6 Å². The molecule has 6 heteroatoms. The van der Waals surface area contributed by atoms with Crippen molar-refractivity contribution in [3.05, 3.63) is 35.9 Å². The van der Waals surface area contributed by atoms with Crippen LogP contribution in [0.3, 0.4) is 0 Å². The van der Waals surface area contributed by atoms with Crippen molar-refractivity contribution in [2.45, 2.75) is 32.4 Å². The van der Waals surface area contributed by atoms with Crippen molar-refractivity contribution in [3.63, 3.8) is 0 Å². The maximum absolute atomic E-state index is 13.6. The number of hydrogen-bond donors (Lipinski definition) is 2. The van der Waals surface area contributed by atoms with Gasteiger partial charge in [-0.25, -0.2) is 5.84 Å². The van der Waals surface area contributed by atoms with Crippen LogP contribution in [0.4, 0.5) is 8.78 Å². The minimum atomic E-state index is -3.51. The van der Waals surface area contributed by atoms with Gasteiger partial charge in [-0.2, -0.15) is 8.78 Å². The van der Waals surface area contributed by atoms with E-state index in [0.29, 0.717) is 6.54 Å². The Labute approximate surface area is 111 Å². The molecule has 0 aliphatic carbocycles. The Morgan fingerprint density at radius 1 is 1.37 bits per heavy atom. The number of rotatable bonds is 6. The third kappa shape index (κ3) is 4.57. The molecule has 19 heavy (non-hydrogen) atoms. The lowest BCUT2D eigenvalue weighted by atomic mass is 10.1. The number of carbonyl (C=O) groups excluding carboxylic acids is 1. The average Bonchev–Trinajstić information content (AvgIpc) is 2.37. The predicted molar refractivity (Wildman–Crippen MR) is 69.3 cm³/mol. The summed E-state index contributed by atoms with van der Waals surface area (Å²) in [6, 6.07) is 9.15. The Kier molecular flexibility index (Phi) is 5.38. The second kappa shape index (κ2) is 6.58. The molecule has 0 radical (unpaired) electrons. The lowest BCUT2D eigenvalue weighted by Gasteiger charge is -2.29. The minimum Gasteiger partial charge on any atom is -0.290 e. The highest BCUT2D eigenvalue weighted by Gasteiger charge is 2.40. The Balaban J connectivity index is 2.76. The summed E-state index contributed by atoms with van der Waals surface area (Å²) >= 11 is 0. The summed E-state index contributed by atoms with van der Waals surface area (Å²) in [7, 11) is 0. The van der Waals surface area contributed by atoms with Gasteiger partial charge in [0.2, 0.25) is 0 Å². The summed E-state index contributed by atoms with van der Waals surface area (Å²) in [5, 5.41) is 0. The molecule has 0 aromatic heterocycles. The lowest BCUT2D eigenvalue weighted by Crippen LogP contribution is -2.51. The number of alkyl halides is 2. The van der Waals surface area contributed by atoms with Gasteiger partial charge in [0, 0.05) is 12.6 Å². The fraction of sp³-hybridized carbons (Fsp3) is 0.462. The molecule has 0 atom stereocenters. The van der Waals surface area contributed by atoms with Crippen LogP contribution in [0.5, 0.6) is 0 Å². The second-order valence-corrected chi connectivity index (χ2v) is 4.66. The lowest BCUT2D eigenvalue weighted by molar-refractivity contribution is -0.149. The molecular weight excluding hydrogens is 252 g/mol. The molecule has 1 amide bonds. The summed E-state index contributed by atoms with van der Waals surface area (Å²) in [5.74, 6) is -0.208. The van der Waals surface area contributed by atoms with Gasteiger partial charge >= 0.3 is 11.8 Å². The van der Waals surface area contributed by atoms with Gasteiger partial charge < -0.3 is 0 Å². The minimum absolute atomic E-state index is 0.114.